The quantitative estimate of drug-likeness (QED) is 0.399. The van der Waals surface area contributed by atoms with Gasteiger partial charge in [0.15, 0.2) is 6.10 Å². The number of hydrogen-bond donors (Lipinski definition) is 1. The van der Waals surface area contributed by atoms with Gasteiger partial charge in [0, 0.05) is 0 Å². The number of ether oxygens (including phenoxy) is 1. The van der Waals surface area contributed by atoms with Crippen LogP contribution in [0.15, 0.2) is 24.3 Å². The normalized spacial score (nSPS) is 13.8. The van der Waals surface area contributed by atoms with Crippen molar-refractivity contribution in [3.8, 4) is 0 Å². The largest absolute Gasteiger partial charge is 0.481 e. The molecular formula is C15H26NO4+. The maximum atomic E-state index is 11.7. The maximum Gasteiger partial charge on any atom is 0.310 e. The van der Waals surface area contributed by atoms with Gasteiger partial charge in [0.2, 0.25) is 0 Å². The van der Waals surface area contributed by atoms with Crippen LogP contribution in [-0.4, -0.2) is 55.3 Å². The van der Waals surface area contributed by atoms with Crippen LogP contribution in [0.5, 0.6) is 0 Å². The first kappa shape index (κ1) is 18.4. The van der Waals surface area contributed by atoms with Crippen molar-refractivity contribution in [2.75, 3.05) is 27.7 Å². The molecule has 20 heavy (non-hydrogen) atoms. The molecule has 1 unspecified atom stereocenters. The molecule has 0 heterocycles. The first-order valence-corrected chi connectivity index (χ1v) is 6.72. The number of carbonyl (C=O) groups excluding carboxylic acids is 1. The summed E-state index contributed by atoms with van der Waals surface area (Å²) in [5, 5.41) is 8.85. The van der Waals surface area contributed by atoms with Crippen LogP contribution in [0.3, 0.4) is 0 Å². The fraction of sp³-hybridized carbons (Fsp3) is 0.600. The molecule has 0 radical (unpaired) electrons. The minimum atomic E-state index is -0.958. The Bertz CT molecular complexity index is 367. The van der Waals surface area contributed by atoms with Gasteiger partial charge in [-0.05, 0) is 13.3 Å². The highest BCUT2D eigenvalue weighted by Gasteiger charge is 2.24. The third kappa shape index (κ3) is 11.5. The van der Waals surface area contributed by atoms with Gasteiger partial charge in [-0.1, -0.05) is 24.3 Å². The van der Waals surface area contributed by atoms with Gasteiger partial charge in [0.05, 0.1) is 34.0 Å². The van der Waals surface area contributed by atoms with E-state index < -0.39 is 12.1 Å². The van der Waals surface area contributed by atoms with Gasteiger partial charge in [0.25, 0.3) is 0 Å². The molecule has 0 rings (SSSR count). The number of esters is 1. The summed E-state index contributed by atoms with van der Waals surface area (Å²) >= 11 is 0. The summed E-state index contributed by atoms with van der Waals surface area (Å²) < 4.78 is 5.78. The molecule has 0 saturated heterocycles. The van der Waals surface area contributed by atoms with Gasteiger partial charge < -0.3 is 14.3 Å². The van der Waals surface area contributed by atoms with Crippen LogP contribution in [0.1, 0.15) is 26.2 Å². The summed E-state index contributed by atoms with van der Waals surface area (Å²) in [5.74, 6) is -1.35. The van der Waals surface area contributed by atoms with Crippen molar-refractivity contribution in [1.82, 2.24) is 0 Å². The number of allylic oxidation sites excluding steroid dienone is 3. The monoisotopic (exact) mass is 284 g/mol. The van der Waals surface area contributed by atoms with Crippen molar-refractivity contribution in [1.29, 1.82) is 0 Å². The Kier molecular flexibility index (Phi) is 8.56. The van der Waals surface area contributed by atoms with Crippen molar-refractivity contribution in [2.45, 2.75) is 32.3 Å². The van der Waals surface area contributed by atoms with Crippen molar-refractivity contribution >= 4 is 11.9 Å². The summed E-state index contributed by atoms with van der Waals surface area (Å²) in [6.07, 6.45) is 7.73. The van der Waals surface area contributed by atoms with Gasteiger partial charge >= 0.3 is 11.9 Å². The topological polar surface area (TPSA) is 63.6 Å². The summed E-state index contributed by atoms with van der Waals surface area (Å²) in [6.45, 7) is 2.41. The van der Waals surface area contributed by atoms with E-state index in [1.54, 1.807) is 6.08 Å². The lowest BCUT2D eigenvalue weighted by Crippen LogP contribution is -2.43. The Labute approximate surface area is 121 Å². The number of hydrogen-bond acceptors (Lipinski definition) is 3. The highest BCUT2D eigenvalue weighted by Crippen LogP contribution is 2.07. The highest BCUT2D eigenvalue weighted by molar-refractivity contribution is 5.72. The number of quaternary nitrogens is 1. The molecule has 5 heteroatoms. The van der Waals surface area contributed by atoms with E-state index in [9.17, 15) is 9.59 Å². The lowest BCUT2D eigenvalue weighted by Gasteiger charge is -2.28. The number of rotatable bonds is 9. The average Bonchev–Trinajstić information content (AvgIpc) is 2.25. The molecule has 0 aliphatic rings. The first-order chi connectivity index (χ1) is 9.24. The number of likely N-dealkylation sites (N-methyl/N-ethyl adjacent to an activating group) is 1. The molecule has 0 saturated carbocycles. The van der Waals surface area contributed by atoms with Crippen molar-refractivity contribution < 1.29 is 23.9 Å². The maximum absolute atomic E-state index is 11.7. The van der Waals surface area contributed by atoms with E-state index in [0.717, 1.165) is 6.42 Å². The van der Waals surface area contributed by atoms with E-state index in [0.29, 0.717) is 11.0 Å². The van der Waals surface area contributed by atoms with Crippen molar-refractivity contribution in [3.63, 3.8) is 0 Å². The standard InChI is InChI=1S/C15H25NO4/c1-5-6-7-8-9-10-15(19)20-13(11-14(17)18)12-16(2,3)4/h5-6,8-9,13H,7,10-12H2,1-4H3/p+1/b6-5+,9-8+. The molecule has 0 fully saturated rings. The third-order valence-corrected chi connectivity index (χ3v) is 2.41. The fourth-order valence-electron chi connectivity index (χ4n) is 1.67. The number of carbonyl (C=O) groups is 2. The lowest BCUT2D eigenvalue weighted by atomic mass is 10.2. The predicted octanol–water partition coefficient (Wildman–Crippen LogP) is 1.99. The first-order valence-electron chi connectivity index (χ1n) is 6.72. The zero-order valence-corrected chi connectivity index (χ0v) is 12.8. The summed E-state index contributed by atoms with van der Waals surface area (Å²) in [4.78, 5) is 22.5. The molecule has 1 atom stereocenters. The third-order valence-electron chi connectivity index (χ3n) is 2.41. The smallest absolute Gasteiger partial charge is 0.310 e. The Morgan fingerprint density at radius 1 is 1.20 bits per heavy atom. The number of carboxylic acids is 1. The molecule has 0 bridgehead atoms. The Hall–Kier alpha value is -1.62. The second-order valence-electron chi connectivity index (χ2n) is 5.66. The van der Waals surface area contributed by atoms with Crippen LogP contribution < -0.4 is 0 Å². The number of nitrogens with zero attached hydrogens (tertiary/aromatic N) is 1. The van der Waals surface area contributed by atoms with Crippen molar-refractivity contribution in [3.05, 3.63) is 24.3 Å². The molecule has 0 aliphatic carbocycles. The van der Waals surface area contributed by atoms with Crippen LogP contribution in [-0.2, 0) is 14.3 Å². The molecule has 1 N–H and O–H groups in total. The minimum absolute atomic E-state index is 0.163. The number of carboxylic acid groups (broad SMARTS) is 1. The van der Waals surface area contributed by atoms with Gasteiger partial charge in [-0.3, -0.25) is 9.59 Å². The van der Waals surface area contributed by atoms with Gasteiger partial charge in [-0.25, -0.2) is 0 Å². The van der Waals surface area contributed by atoms with Gasteiger partial charge in [0.1, 0.15) is 6.54 Å². The zero-order valence-electron chi connectivity index (χ0n) is 12.8. The van der Waals surface area contributed by atoms with E-state index in [-0.39, 0.29) is 18.8 Å². The van der Waals surface area contributed by atoms with E-state index in [1.165, 1.54) is 0 Å². The molecule has 0 spiro atoms. The van der Waals surface area contributed by atoms with Crippen LogP contribution in [0.2, 0.25) is 0 Å². The molecule has 0 amide bonds. The van der Waals surface area contributed by atoms with Crippen LogP contribution in [0.4, 0.5) is 0 Å². The Balaban J connectivity index is 4.31. The molecule has 0 aliphatic heterocycles. The van der Waals surface area contributed by atoms with Gasteiger partial charge in [-0.2, -0.15) is 0 Å². The van der Waals surface area contributed by atoms with Crippen LogP contribution >= 0.6 is 0 Å². The van der Waals surface area contributed by atoms with Crippen molar-refractivity contribution in [2.24, 2.45) is 0 Å². The second-order valence-corrected chi connectivity index (χ2v) is 5.66. The highest BCUT2D eigenvalue weighted by atomic mass is 16.5. The summed E-state index contributed by atoms with van der Waals surface area (Å²) in [6, 6.07) is 0. The van der Waals surface area contributed by atoms with E-state index in [1.807, 2.05) is 46.3 Å². The Morgan fingerprint density at radius 2 is 1.85 bits per heavy atom. The summed E-state index contributed by atoms with van der Waals surface area (Å²) in [7, 11) is 5.79. The SMILES string of the molecule is C/C=C/C/C=C/CC(=O)OC(CC(=O)O)C[N+](C)(C)C. The Morgan fingerprint density at radius 3 is 2.35 bits per heavy atom. The van der Waals surface area contributed by atoms with E-state index in [4.69, 9.17) is 9.84 Å². The lowest BCUT2D eigenvalue weighted by molar-refractivity contribution is -0.873. The molecule has 114 valence electrons. The van der Waals surface area contributed by atoms with Crippen LogP contribution in [0.25, 0.3) is 0 Å². The fourth-order valence-corrected chi connectivity index (χ4v) is 1.67. The molecule has 0 aromatic carbocycles. The molecular weight excluding hydrogens is 258 g/mol. The minimum Gasteiger partial charge on any atom is -0.481 e. The molecule has 0 aromatic rings. The zero-order chi connectivity index (χ0) is 15.6. The molecule has 5 nitrogen and oxygen atoms in total. The average molecular weight is 284 g/mol. The van der Waals surface area contributed by atoms with Crippen LogP contribution in [0, 0.1) is 0 Å². The number of aliphatic carboxylic acids is 1. The second kappa shape index (κ2) is 9.31. The predicted molar refractivity (Wildman–Crippen MR) is 78.2 cm³/mol. The molecule has 0 aromatic heterocycles. The van der Waals surface area contributed by atoms with E-state index >= 15 is 0 Å². The van der Waals surface area contributed by atoms with Gasteiger partial charge in [-0.15, -0.1) is 0 Å². The summed E-state index contributed by atoms with van der Waals surface area (Å²) in [5.41, 5.74) is 0. The van der Waals surface area contributed by atoms with E-state index in [2.05, 4.69) is 0 Å².